The van der Waals surface area contributed by atoms with E-state index < -0.39 is 0 Å². The van der Waals surface area contributed by atoms with E-state index in [0.717, 1.165) is 35.9 Å². The fraction of sp³-hybridized carbons (Fsp3) is 0.375. The molecular weight excluding hydrogens is 392 g/mol. The Kier molecular flexibility index (Phi) is 6.84. The van der Waals surface area contributed by atoms with Crippen LogP contribution in [0.5, 0.6) is 0 Å². The van der Waals surface area contributed by atoms with E-state index in [0.29, 0.717) is 11.7 Å². The Hall–Kier alpha value is -2.60. The molecule has 0 spiro atoms. The summed E-state index contributed by atoms with van der Waals surface area (Å²) in [6, 6.07) is 20.6. The van der Waals surface area contributed by atoms with Gasteiger partial charge in [0.1, 0.15) is 5.82 Å². The summed E-state index contributed by atoms with van der Waals surface area (Å²) >= 11 is 1.47. The summed E-state index contributed by atoms with van der Waals surface area (Å²) < 4.78 is 2.19. The van der Waals surface area contributed by atoms with E-state index in [1.54, 1.807) is 0 Å². The number of thioether (sulfide) groups is 1. The fourth-order valence-electron chi connectivity index (χ4n) is 3.63. The summed E-state index contributed by atoms with van der Waals surface area (Å²) in [5.41, 5.74) is 2.37. The Morgan fingerprint density at radius 1 is 1.10 bits per heavy atom. The largest absolute Gasteiger partial charge is 0.349 e. The SMILES string of the molecule is CCC[C@@H](NC(=O)CSc1nnc(C2CC2)n1Cc1ccccc1)c1ccccc1. The van der Waals surface area contributed by atoms with Crippen molar-refractivity contribution in [3.63, 3.8) is 0 Å². The molecule has 0 saturated heterocycles. The second-order valence-corrected chi connectivity index (χ2v) is 8.74. The molecule has 0 radical (unpaired) electrons. The van der Waals surface area contributed by atoms with Crippen molar-refractivity contribution >= 4 is 17.7 Å². The minimum absolute atomic E-state index is 0.0320. The van der Waals surface area contributed by atoms with Crippen molar-refractivity contribution in [2.45, 2.75) is 56.3 Å². The van der Waals surface area contributed by atoms with Crippen LogP contribution in [0.3, 0.4) is 0 Å². The number of hydrogen-bond donors (Lipinski definition) is 1. The van der Waals surface area contributed by atoms with Gasteiger partial charge >= 0.3 is 0 Å². The maximum atomic E-state index is 12.7. The molecule has 6 heteroatoms. The van der Waals surface area contributed by atoms with Crippen molar-refractivity contribution in [1.29, 1.82) is 0 Å². The van der Waals surface area contributed by atoms with Crippen molar-refractivity contribution in [1.82, 2.24) is 20.1 Å². The van der Waals surface area contributed by atoms with Crippen molar-refractivity contribution in [3.05, 3.63) is 77.6 Å². The lowest BCUT2D eigenvalue weighted by Crippen LogP contribution is -2.30. The molecule has 30 heavy (non-hydrogen) atoms. The molecule has 1 saturated carbocycles. The van der Waals surface area contributed by atoms with Gasteiger partial charge in [0.15, 0.2) is 5.16 Å². The predicted molar refractivity (Wildman–Crippen MR) is 120 cm³/mol. The molecule has 0 bridgehead atoms. The first kappa shape index (κ1) is 20.7. The number of hydrogen-bond acceptors (Lipinski definition) is 4. The molecule has 4 rings (SSSR count). The minimum Gasteiger partial charge on any atom is -0.349 e. The van der Waals surface area contributed by atoms with Crippen LogP contribution < -0.4 is 5.32 Å². The Balaban J connectivity index is 1.42. The first-order valence-corrected chi connectivity index (χ1v) is 11.7. The zero-order valence-electron chi connectivity index (χ0n) is 17.3. The zero-order valence-corrected chi connectivity index (χ0v) is 18.1. The lowest BCUT2D eigenvalue weighted by atomic mass is 10.0. The second-order valence-electron chi connectivity index (χ2n) is 7.79. The van der Waals surface area contributed by atoms with Crippen LogP contribution in [0.2, 0.25) is 0 Å². The quantitative estimate of drug-likeness (QED) is 0.471. The van der Waals surface area contributed by atoms with Crippen LogP contribution in [0, 0.1) is 0 Å². The number of aromatic nitrogens is 3. The first-order valence-electron chi connectivity index (χ1n) is 10.7. The molecule has 2 aromatic carbocycles. The molecule has 1 heterocycles. The van der Waals surface area contributed by atoms with Crippen LogP contribution >= 0.6 is 11.8 Å². The summed E-state index contributed by atoms with van der Waals surface area (Å²) in [5.74, 6) is 1.93. The normalized spacial score (nSPS) is 14.4. The van der Waals surface area contributed by atoms with Gasteiger partial charge in [-0.3, -0.25) is 4.79 Å². The van der Waals surface area contributed by atoms with Gasteiger partial charge < -0.3 is 9.88 Å². The number of carbonyl (C=O) groups excluding carboxylic acids is 1. The molecule has 1 amide bonds. The van der Waals surface area contributed by atoms with Crippen molar-refractivity contribution in [2.24, 2.45) is 0 Å². The molecule has 0 aliphatic heterocycles. The summed E-state index contributed by atoms with van der Waals surface area (Å²) in [5, 5.41) is 12.9. The van der Waals surface area contributed by atoms with Gasteiger partial charge in [0.2, 0.25) is 5.91 Å². The number of amides is 1. The molecule has 1 atom stereocenters. The third kappa shape index (κ3) is 5.30. The maximum Gasteiger partial charge on any atom is 0.230 e. The third-order valence-corrected chi connectivity index (χ3v) is 6.29. The molecule has 5 nitrogen and oxygen atoms in total. The highest BCUT2D eigenvalue weighted by Crippen LogP contribution is 2.40. The van der Waals surface area contributed by atoms with Crippen LogP contribution in [0.25, 0.3) is 0 Å². The molecule has 3 aromatic rings. The van der Waals surface area contributed by atoms with Gasteiger partial charge in [-0.05, 0) is 30.4 Å². The van der Waals surface area contributed by atoms with E-state index in [2.05, 4.69) is 51.3 Å². The molecule has 156 valence electrons. The summed E-state index contributed by atoms with van der Waals surface area (Å²) in [6.45, 7) is 2.88. The first-order chi connectivity index (χ1) is 14.7. The molecule has 1 aromatic heterocycles. The van der Waals surface area contributed by atoms with E-state index in [-0.39, 0.29) is 11.9 Å². The Morgan fingerprint density at radius 2 is 1.80 bits per heavy atom. The smallest absolute Gasteiger partial charge is 0.230 e. The highest BCUT2D eigenvalue weighted by Gasteiger charge is 2.30. The van der Waals surface area contributed by atoms with E-state index in [4.69, 9.17) is 0 Å². The molecule has 1 aliphatic carbocycles. The van der Waals surface area contributed by atoms with Gasteiger partial charge in [0, 0.05) is 5.92 Å². The van der Waals surface area contributed by atoms with Crippen molar-refractivity contribution in [3.8, 4) is 0 Å². The standard InChI is InChI=1S/C24H28N4OS/c1-2-9-21(19-12-7-4-8-13-19)25-22(29)17-30-24-27-26-23(20-14-15-20)28(24)16-18-10-5-3-6-11-18/h3-8,10-13,20-21H,2,9,14-17H2,1H3,(H,25,29)/t21-/m1/s1. The second kappa shape index (κ2) is 9.94. The van der Waals surface area contributed by atoms with Crippen molar-refractivity contribution in [2.75, 3.05) is 5.75 Å². The molecular formula is C24H28N4OS. The van der Waals surface area contributed by atoms with E-state index in [1.807, 2.05) is 36.4 Å². The van der Waals surface area contributed by atoms with Crippen LogP contribution in [0.4, 0.5) is 0 Å². The van der Waals surface area contributed by atoms with E-state index in [1.165, 1.54) is 30.2 Å². The number of nitrogens with one attached hydrogen (secondary N) is 1. The summed E-state index contributed by atoms with van der Waals surface area (Å²) in [7, 11) is 0. The molecule has 1 fully saturated rings. The third-order valence-electron chi connectivity index (χ3n) is 5.32. The average molecular weight is 421 g/mol. The maximum absolute atomic E-state index is 12.7. The molecule has 1 N–H and O–H groups in total. The topological polar surface area (TPSA) is 59.8 Å². The molecule has 0 unspecified atom stereocenters. The lowest BCUT2D eigenvalue weighted by Gasteiger charge is -2.18. The van der Waals surface area contributed by atoms with E-state index >= 15 is 0 Å². The highest BCUT2D eigenvalue weighted by atomic mass is 32.2. The monoisotopic (exact) mass is 420 g/mol. The lowest BCUT2D eigenvalue weighted by molar-refractivity contribution is -0.119. The van der Waals surface area contributed by atoms with Crippen LogP contribution in [0.15, 0.2) is 65.8 Å². The Morgan fingerprint density at radius 3 is 2.47 bits per heavy atom. The Bertz CT molecular complexity index is 954. The fourth-order valence-corrected chi connectivity index (χ4v) is 4.38. The summed E-state index contributed by atoms with van der Waals surface area (Å²) in [4.78, 5) is 12.7. The van der Waals surface area contributed by atoms with Crippen LogP contribution in [-0.4, -0.2) is 26.4 Å². The van der Waals surface area contributed by atoms with Gasteiger partial charge in [0.25, 0.3) is 0 Å². The van der Waals surface area contributed by atoms with Crippen molar-refractivity contribution < 1.29 is 4.79 Å². The zero-order chi connectivity index (χ0) is 20.8. The Labute approximate surface area is 182 Å². The number of benzene rings is 2. The predicted octanol–water partition coefficient (Wildman–Crippen LogP) is 4.95. The van der Waals surface area contributed by atoms with Gasteiger partial charge in [0.05, 0.1) is 18.3 Å². The highest BCUT2D eigenvalue weighted by molar-refractivity contribution is 7.99. The van der Waals surface area contributed by atoms with Gasteiger partial charge in [-0.15, -0.1) is 10.2 Å². The summed E-state index contributed by atoms with van der Waals surface area (Å²) in [6.07, 6.45) is 4.29. The number of carbonyl (C=O) groups is 1. The van der Waals surface area contributed by atoms with Gasteiger partial charge in [-0.2, -0.15) is 0 Å². The van der Waals surface area contributed by atoms with Crippen LogP contribution in [-0.2, 0) is 11.3 Å². The number of nitrogens with zero attached hydrogens (tertiary/aromatic N) is 3. The average Bonchev–Trinajstić information content (AvgIpc) is 3.55. The van der Waals surface area contributed by atoms with Gasteiger partial charge in [-0.25, -0.2) is 0 Å². The van der Waals surface area contributed by atoms with Gasteiger partial charge in [-0.1, -0.05) is 85.8 Å². The number of rotatable bonds is 10. The van der Waals surface area contributed by atoms with Crippen LogP contribution in [0.1, 0.15) is 61.5 Å². The minimum atomic E-state index is 0.0320. The molecule has 1 aliphatic rings. The van der Waals surface area contributed by atoms with E-state index in [9.17, 15) is 4.79 Å².